The van der Waals surface area contributed by atoms with Crippen molar-refractivity contribution in [1.82, 2.24) is 19.7 Å². The zero-order chi connectivity index (χ0) is 16.0. The van der Waals surface area contributed by atoms with Crippen LogP contribution in [0.25, 0.3) is 10.9 Å². The summed E-state index contributed by atoms with van der Waals surface area (Å²) < 4.78 is 1.89. The topological polar surface area (TPSA) is 75.6 Å². The molecule has 0 radical (unpaired) electrons. The van der Waals surface area contributed by atoms with Crippen molar-refractivity contribution in [2.24, 2.45) is 7.05 Å². The molecule has 118 valence electrons. The van der Waals surface area contributed by atoms with Gasteiger partial charge in [-0.05, 0) is 37.6 Å². The summed E-state index contributed by atoms with van der Waals surface area (Å²) in [4.78, 5) is 16.2. The molecular weight excluding hydrogens is 310 g/mol. The number of rotatable bonds is 4. The first-order chi connectivity index (χ1) is 11.1. The lowest BCUT2D eigenvalue weighted by molar-refractivity contribution is 0.765. The van der Waals surface area contributed by atoms with Gasteiger partial charge in [0.1, 0.15) is 10.7 Å². The molecule has 1 aliphatic rings. The number of hydrogen-bond acceptors (Lipinski definition) is 5. The molecule has 1 fully saturated rings. The van der Waals surface area contributed by atoms with Crippen LogP contribution >= 0.6 is 11.8 Å². The van der Waals surface area contributed by atoms with Gasteiger partial charge >= 0.3 is 0 Å². The molecule has 1 saturated carbocycles. The molecule has 0 atom stereocenters. The fourth-order valence-electron chi connectivity index (χ4n) is 2.47. The van der Waals surface area contributed by atoms with Crippen LogP contribution in [-0.4, -0.2) is 25.8 Å². The lowest BCUT2D eigenvalue weighted by Crippen LogP contribution is -2.14. The monoisotopic (exact) mass is 327 g/mol. The van der Waals surface area contributed by atoms with Crippen LogP contribution < -0.4 is 10.9 Å². The minimum atomic E-state index is -0.0995. The normalized spacial score (nSPS) is 14.3. The smallest absolute Gasteiger partial charge is 0.264 e. The number of para-hydroxylation sites is 1. The van der Waals surface area contributed by atoms with Crippen LogP contribution in [0.15, 0.2) is 39.1 Å². The molecule has 2 heterocycles. The fourth-order valence-corrected chi connectivity index (χ4v) is 3.41. The standard InChI is InChI=1S/C16H17N5OS/c1-9-19-20-16(21(9)2)23-14-13(17-10-7-8-10)11-5-3-4-6-12(11)18-15(14)22/h3-6,10H,7-8H2,1-2H3,(H2,17,18,22). The molecule has 1 aromatic carbocycles. The van der Waals surface area contributed by atoms with E-state index in [1.807, 2.05) is 42.8 Å². The molecule has 7 heteroatoms. The highest BCUT2D eigenvalue weighted by atomic mass is 32.2. The largest absolute Gasteiger partial charge is 0.381 e. The van der Waals surface area contributed by atoms with Gasteiger partial charge in [0.25, 0.3) is 5.56 Å². The number of nitrogens with zero attached hydrogens (tertiary/aromatic N) is 3. The Morgan fingerprint density at radius 1 is 1.30 bits per heavy atom. The maximum atomic E-state index is 12.6. The Labute approximate surface area is 137 Å². The van der Waals surface area contributed by atoms with Gasteiger partial charge in [-0.2, -0.15) is 0 Å². The van der Waals surface area contributed by atoms with Crippen LogP contribution in [0.4, 0.5) is 5.69 Å². The number of aromatic amines is 1. The van der Waals surface area contributed by atoms with Gasteiger partial charge in [0, 0.05) is 18.5 Å². The van der Waals surface area contributed by atoms with Gasteiger partial charge in [0.05, 0.1) is 11.2 Å². The molecule has 0 spiro atoms. The lowest BCUT2D eigenvalue weighted by atomic mass is 10.2. The molecule has 4 rings (SSSR count). The average Bonchev–Trinajstić information content (AvgIpc) is 3.31. The van der Waals surface area contributed by atoms with Crippen molar-refractivity contribution in [3.63, 3.8) is 0 Å². The minimum absolute atomic E-state index is 0.0995. The van der Waals surface area contributed by atoms with E-state index >= 15 is 0 Å². The van der Waals surface area contributed by atoms with E-state index in [1.165, 1.54) is 11.8 Å². The lowest BCUT2D eigenvalue weighted by Gasteiger charge is -2.13. The van der Waals surface area contributed by atoms with Gasteiger partial charge in [-0.1, -0.05) is 18.2 Å². The molecule has 0 amide bonds. The molecule has 2 aromatic heterocycles. The van der Waals surface area contributed by atoms with Crippen molar-refractivity contribution in [3.05, 3.63) is 40.4 Å². The van der Waals surface area contributed by atoms with Crippen LogP contribution in [0.1, 0.15) is 18.7 Å². The number of benzene rings is 1. The van der Waals surface area contributed by atoms with E-state index in [-0.39, 0.29) is 5.56 Å². The highest BCUT2D eigenvalue weighted by Gasteiger charge is 2.25. The van der Waals surface area contributed by atoms with Gasteiger partial charge in [0.2, 0.25) is 0 Å². The highest BCUT2D eigenvalue weighted by Crippen LogP contribution is 2.37. The maximum Gasteiger partial charge on any atom is 0.264 e. The SMILES string of the molecule is Cc1nnc(Sc2c(NC3CC3)c3ccccc3[nH]c2=O)n1C. The number of pyridine rings is 1. The maximum absolute atomic E-state index is 12.6. The van der Waals surface area contributed by atoms with Crippen molar-refractivity contribution >= 4 is 28.4 Å². The zero-order valence-electron chi connectivity index (χ0n) is 13.0. The van der Waals surface area contributed by atoms with Gasteiger partial charge in [-0.3, -0.25) is 4.79 Å². The number of fused-ring (bicyclic) bond motifs is 1. The minimum Gasteiger partial charge on any atom is -0.381 e. The Morgan fingerprint density at radius 2 is 2.09 bits per heavy atom. The van der Waals surface area contributed by atoms with Crippen molar-refractivity contribution in [2.75, 3.05) is 5.32 Å². The number of aryl methyl sites for hydroxylation is 1. The summed E-state index contributed by atoms with van der Waals surface area (Å²) in [6.07, 6.45) is 2.29. The van der Waals surface area contributed by atoms with Crippen molar-refractivity contribution in [2.45, 2.75) is 35.9 Å². The second kappa shape index (κ2) is 5.42. The number of nitrogens with one attached hydrogen (secondary N) is 2. The van der Waals surface area contributed by atoms with E-state index in [2.05, 4.69) is 20.5 Å². The summed E-state index contributed by atoms with van der Waals surface area (Å²) in [7, 11) is 1.90. The molecule has 6 nitrogen and oxygen atoms in total. The number of anilines is 1. The first kappa shape index (κ1) is 14.3. The van der Waals surface area contributed by atoms with E-state index < -0.39 is 0 Å². The third kappa shape index (κ3) is 2.61. The van der Waals surface area contributed by atoms with E-state index in [0.717, 1.165) is 35.3 Å². The number of aromatic nitrogens is 4. The van der Waals surface area contributed by atoms with Gasteiger partial charge in [0.15, 0.2) is 5.16 Å². The molecule has 0 unspecified atom stereocenters. The summed E-state index contributed by atoms with van der Waals surface area (Å²) in [6.45, 7) is 1.89. The van der Waals surface area contributed by atoms with Gasteiger partial charge in [-0.15, -0.1) is 10.2 Å². The first-order valence-electron chi connectivity index (χ1n) is 7.59. The predicted octanol–water partition coefficient (Wildman–Crippen LogP) is 2.69. The Morgan fingerprint density at radius 3 is 2.78 bits per heavy atom. The molecule has 0 aliphatic heterocycles. The van der Waals surface area contributed by atoms with Crippen LogP contribution in [-0.2, 0) is 7.05 Å². The summed E-state index contributed by atoms with van der Waals surface area (Å²) in [5, 5.41) is 13.5. The molecule has 2 N–H and O–H groups in total. The zero-order valence-corrected chi connectivity index (χ0v) is 13.8. The quantitative estimate of drug-likeness (QED) is 0.770. The summed E-state index contributed by atoms with van der Waals surface area (Å²) >= 11 is 1.36. The Hall–Kier alpha value is -2.28. The third-order valence-electron chi connectivity index (χ3n) is 4.05. The third-order valence-corrected chi connectivity index (χ3v) is 5.18. The van der Waals surface area contributed by atoms with Crippen LogP contribution in [0.2, 0.25) is 0 Å². The van der Waals surface area contributed by atoms with E-state index in [0.29, 0.717) is 16.1 Å². The van der Waals surface area contributed by atoms with Crippen molar-refractivity contribution < 1.29 is 0 Å². The van der Waals surface area contributed by atoms with E-state index in [1.54, 1.807) is 0 Å². The highest BCUT2D eigenvalue weighted by molar-refractivity contribution is 7.99. The molecule has 3 aromatic rings. The molecule has 23 heavy (non-hydrogen) atoms. The Balaban J connectivity index is 1.88. The molecule has 1 aliphatic carbocycles. The second-order valence-corrected chi connectivity index (χ2v) is 6.79. The first-order valence-corrected chi connectivity index (χ1v) is 8.40. The fraction of sp³-hybridized carbons (Fsp3) is 0.312. The summed E-state index contributed by atoms with van der Waals surface area (Å²) in [6, 6.07) is 8.33. The summed E-state index contributed by atoms with van der Waals surface area (Å²) in [5.41, 5.74) is 1.65. The van der Waals surface area contributed by atoms with E-state index in [9.17, 15) is 4.79 Å². The van der Waals surface area contributed by atoms with Crippen molar-refractivity contribution in [3.8, 4) is 0 Å². The molecule has 0 bridgehead atoms. The van der Waals surface area contributed by atoms with Crippen molar-refractivity contribution in [1.29, 1.82) is 0 Å². The Kier molecular flexibility index (Phi) is 3.37. The van der Waals surface area contributed by atoms with Gasteiger partial charge < -0.3 is 14.9 Å². The summed E-state index contributed by atoms with van der Waals surface area (Å²) in [5.74, 6) is 0.821. The molecular formula is C16H17N5OS. The van der Waals surface area contributed by atoms with E-state index in [4.69, 9.17) is 0 Å². The molecule has 0 saturated heterocycles. The number of H-pyrrole nitrogens is 1. The average molecular weight is 327 g/mol. The second-order valence-electron chi connectivity index (χ2n) is 5.81. The van der Waals surface area contributed by atoms with Crippen LogP contribution in [0.5, 0.6) is 0 Å². The van der Waals surface area contributed by atoms with Gasteiger partial charge in [-0.25, -0.2) is 0 Å². The predicted molar refractivity (Wildman–Crippen MR) is 91.1 cm³/mol. The Bertz CT molecular complexity index is 941. The number of hydrogen-bond donors (Lipinski definition) is 2. The van der Waals surface area contributed by atoms with Crippen LogP contribution in [0, 0.1) is 6.92 Å². The van der Waals surface area contributed by atoms with Crippen LogP contribution in [0.3, 0.4) is 0 Å².